The van der Waals surface area contributed by atoms with Gasteiger partial charge in [0.1, 0.15) is 0 Å². The molecule has 0 radical (unpaired) electrons. The molecule has 2 heterocycles. The van der Waals surface area contributed by atoms with E-state index in [0.717, 1.165) is 58.6 Å². The number of nitrogens with zero attached hydrogens (tertiary/aromatic N) is 4. The lowest BCUT2D eigenvalue weighted by Crippen LogP contribution is -2.33. The largest absolute Gasteiger partial charge is 0.291 e. The molecule has 248 valence electrons. The predicted octanol–water partition coefficient (Wildman–Crippen LogP) is 12.8. The van der Waals surface area contributed by atoms with Crippen LogP contribution in [-0.4, -0.2) is 0 Å². The van der Waals surface area contributed by atoms with Crippen molar-refractivity contribution in [1.82, 2.24) is 0 Å². The molecule has 0 amide bonds. The van der Waals surface area contributed by atoms with Gasteiger partial charge in [-0.25, -0.2) is 0 Å². The highest BCUT2D eigenvalue weighted by Crippen LogP contribution is 2.57. The van der Waals surface area contributed by atoms with E-state index in [2.05, 4.69) is 205 Å². The summed E-state index contributed by atoms with van der Waals surface area (Å²) in [6, 6.07) is 57.5. The number of hydrogen-bond acceptors (Lipinski definition) is 4. The average Bonchev–Trinajstić information content (AvgIpc) is 3.68. The molecule has 0 saturated carbocycles. The summed E-state index contributed by atoms with van der Waals surface area (Å²) >= 11 is 0. The van der Waals surface area contributed by atoms with Crippen molar-refractivity contribution in [3.63, 3.8) is 0 Å². The first-order valence-electron chi connectivity index (χ1n) is 17.9. The molecule has 2 aliphatic rings. The van der Waals surface area contributed by atoms with Gasteiger partial charge in [0, 0.05) is 22.7 Å². The van der Waals surface area contributed by atoms with Gasteiger partial charge >= 0.3 is 0 Å². The highest BCUT2D eigenvalue weighted by Gasteiger charge is 2.44. The molecule has 4 heteroatoms. The normalized spacial score (nSPS) is 15.9. The van der Waals surface area contributed by atoms with Crippen molar-refractivity contribution < 1.29 is 0 Å². The molecule has 0 aliphatic carbocycles. The Morgan fingerprint density at radius 2 is 0.800 bits per heavy atom. The maximum atomic E-state index is 2.48. The van der Waals surface area contributed by atoms with E-state index in [-0.39, 0.29) is 0 Å². The fourth-order valence-electron chi connectivity index (χ4n) is 7.40. The third-order valence-electron chi connectivity index (χ3n) is 9.93. The molecule has 0 N–H and O–H groups in total. The van der Waals surface area contributed by atoms with Crippen LogP contribution < -0.4 is 19.6 Å². The van der Waals surface area contributed by atoms with Crippen LogP contribution in [0.5, 0.6) is 0 Å². The molecule has 0 aromatic heterocycles. The Bertz CT molecular complexity index is 2120. The number of para-hydroxylation sites is 4. The van der Waals surface area contributed by atoms with Gasteiger partial charge in [0.15, 0.2) is 11.6 Å². The molecule has 0 bridgehead atoms. The Balaban J connectivity index is 1.51. The van der Waals surface area contributed by atoms with Gasteiger partial charge in [0.05, 0.1) is 22.7 Å². The molecular formula is C46H44N4. The molecule has 0 spiro atoms. The maximum absolute atomic E-state index is 2.48. The van der Waals surface area contributed by atoms with E-state index in [1.54, 1.807) is 0 Å². The Morgan fingerprint density at radius 3 is 1.20 bits per heavy atom. The van der Waals surface area contributed by atoms with E-state index in [1.165, 1.54) is 22.5 Å². The van der Waals surface area contributed by atoms with Gasteiger partial charge in [0.2, 0.25) is 0 Å². The highest BCUT2D eigenvalue weighted by molar-refractivity contribution is 6.00. The van der Waals surface area contributed by atoms with Crippen LogP contribution in [0.25, 0.3) is 0 Å². The molecule has 0 saturated heterocycles. The van der Waals surface area contributed by atoms with Crippen LogP contribution >= 0.6 is 0 Å². The average molecular weight is 653 g/mol. The Morgan fingerprint density at radius 1 is 0.420 bits per heavy atom. The van der Waals surface area contributed by atoms with Gasteiger partial charge in [0.25, 0.3) is 0 Å². The highest BCUT2D eigenvalue weighted by atomic mass is 15.5. The van der Waals surface area contributed by atoms with Gasteiger partial charge in [-0.1, -0.05) is 113 Å². The van der Waals surface area contributed by atoms with Crippen LogP contribution in [0.15, 0.2) is 169 Å². The Labute approximate surface area is 297 Å². The second-order valence-electron chi connectivity index (χ2n) is 13.8. The van der Waals surface area contributed by atoms with Crippen molar-refractivity contribution in [2.24, 2.45) is 5.92 Å². The number of benzene rings is 6. The lowest BCUT2D eigenvalue weighted by Gasteiger charge is -2.34. The van der Waals surface area contributed by atoms with Crippen LogP contribution in [0.2, 0.25) is 0 Å². The SMILES string of the molecule is CCC(C)c1ccc2c(c1)N(c1ccccc1)/C(=C1\N(c3ccccc3)c3ccc(CC(C)C)cc3N1c1ccccc1)N2c1ccccc1. The van der Waals surface area contributed by atoms with E-state index in [4.69, 9.17) is 0 Å². The van der Waals surface area contributed by atoms with Crippen LogP contribution in [-0.2, 0) is 6.42 Å². The summed E-state index contributed by atoms with van der Waals surface area (Å²) in [6.45, 7) is 9.19. The predicted molar refractivity (Wildman–Crippen MR) is 211 cm³/mol. The molecule has 6 aromatic rings. The quantitative estimate of drug-likeness (QED) is 0.162. The maximum Gasteiger partial charge on any atom is 0.166 e. The third kappa shape index (κ3) is 5.51. The van der Waals surface area contributed by atoms with Gasteiger partial charge < -0.3 is 0 Å². The Kier molecular flexibility index (Phi) is 8.38. The standard InChI is InChI=1S/C46H44N4/c1-5-34(4)36-27-29-42-44(32-36)50(40-24-16-9-17-25-40)46(48(42)38-20-12-7-13-21-38)45-47(37-18-10-6-11-19-37)41-28-26-35(30-33(2)3)31-43(41)49(45)39-22-14-8-15-23-39/h6-29,31-34H,5,30H2,1-4H3/b46-45+. The minimum atomic E-state index is 0.441. The van der Waals surface area contributed by atoms with E-state index in [9.17, 15) is 0 Å². The zero-order valence-electron chi connectivity index (χ0n) is 29.4. The molecule has 2 aliphatic heterocycles. The van der Waals surface area contributed by atoms with Crippen molar-refractivity contribution in [2.75, 3.05) is 19.6 Å². The van der Waals surface area contributed by atoms with Crippen LogP contribution in [0.4, 0.5) is 45.5 Å². The molecular weight excluding hydrogens is 609 g/mol. The molecule has 1 atom stereocenters. The minimum Gasteiger partial charge on any atom is -0.291 e. The monoisotopic (exact) mass is 652 g/mol. The molecule has 1 unspecified atom stereocenters. The topological polar surface area (TPSA) is 13.0 Å². The first-order chi connectivity index (χ1) is 24.5. The molecule has 8 rings (SSSR count). The van der Waals surface area contributed by atoms with Crippen LogP contribution in [0.1, 0.15) is 51.2 Å². The minimum absolute atomic E-state index is 0.441. The van der Waals surface area contributed by atoms with Crippen LogP contribution in [0.3, 0.4) is 0 Å². The summed E-state index contributed by atoms with van der Waals surface area (Å²) in [5.41, 5.74) is 11.8. The number of fused-ring (bicyclic) bond motifs is 2. The van der Waals surface area contributed by atoms with Crippen molar-refractivity contribution >= 4 is 45.5 Å². The number of rotatable bonds is 8. The van der Waals surface area contributed by atoms with Crippen molar-refractivity contribution in [2.45, 2.75) is 46.5 Å². The second-order valence-corrected chi connectivity index (χ2v) is 13.8. The van der Waals surface area contributed by atoms with Crippen LogP contribution in [0, 0.1) is 5.92 Å². The third-order valence-corrected chi connectivity index (χ3v) is 9.93. The molecule has 0 fully saturated rings. The molecule has 4 nitrogen and oxygen atoms in total. The molecule has 50 heavy (non-hydrogen) atoms. The van der Waals surface area contributed by atoms with Crippen molar-refractivity contribution in [3.05, 3.63) is 180 Å². The lowest BCUT2D eigenvalue weighted by atomic mass is 9.97. The van der Waals surface area contributed by atoms with Gasteiger partial charge in [-0.2, -0.15) is 0 Å². The van der Waals surface area contributed by atoms with E-state index < -0.39 is 0 Å². The van der Waals surface area contributed by atoms with Crippen molar-refractivity contribution in [1.29, 1.82) is 0 Å². The summed E-state index contributed by atoms with van der Waals surface area (Å²) in [5, 5.41) is 0. The summed E-state index contributed by atoms with van der Waals surface area (Å²) in [7, 11) is 0. The van der Waals surface area contributed by atoms with Gasteiger partial charge in [-0.05, 0) is 109 Å². The summed E-state index contributed by atoms with van der Waals surface area (Å²) < 4.78 is 0. The zero-order chi connectivity index (χ0) is 34.2. The second kappa shape index (κ2) is 13.3. The molecule has 6 aromatic carbocycles. The summed E-state index contributed by atoms with van der Waals surface area (Å²) in [4.78, 5) is 9.89. The van der Waals surface area contributed by atoms with Gasteiger partial charge in [-0.3, -0.25) is 19.6 Å². The fourth-order valence-corrected chi connectivity index (χ4v) is 7.40. The number of hydrogen-bond donors (Lipinski definition) is 0. The van der Waals surface area contributed by atoms with Gasteiger partial charge in [-0.15, -0.1) is 0 Å². The Hall–Kier alpha value is -5.74. The van der Waals surface area contributed by atoms with Crippen molar-refractivity contribution in [3.8, 4) is 0 Å². The fraction of sp³-hybridized carbons (Fsp3) is 0.174. The van der Waals surface area contributed by atoms with E-state index in [0.29, 0.717) is 11.8 Å². The summed E-state index contributed by atoms with van der Waals surface area (Å²) in [5.74, 6) is 3.14. The van der Waals surface area contributed by atoms with E-state index in [1.807, 2.05) is 0 Å². The zero-order valence-corrected chi connectivity index (χ0v) is 29.4. The van der Waals surface area contributed by atoms with E-state index >= 15 is 0 Å². The first kappa shape index (κ1) is 31.5. The number of anilines is 8. The smallest absolute Gasteiger partial charge is 0.166 e. The summed E-state index contributed by atoms with van der Waals surface area (Å²) in [6.07, 6.45) is 2.10. The lowest BCUT2D eigenvalue weighted by molar-refractivity contribution is 0.647. The first-order valence-corrected chi connectivity index (χ1v) is 17.9.